The van der Waals surface area contributed by atoms with Crippen LogP contribution in [0.1, 0.15) is 5.56 Å². The molecule has 3 aromatic carbocycles. The van der Waals surface area contributed by atoms with Crippen molar-refractivity contribution in [3.05, 3.63) is 95.9 Å². The zero-order valence-electron chi connectivity index (χ0n) is 13.3. The lowest BCUT2D eigenvalue weighted by atomic mass is 10.2. The van der Waals surface area contributed by atoms with Crippen LogP contribution in [0.15, 0.2) is 90.3 Å². The van der Waals surface area contributed by atoms with Gasteiger partial charge in [-0.2, -0.15) is 8.42 Å². The van der Waals surface area contributed by atoms with Crippen LogP contribution >= 0.6 is 0 Å². The van der Waals surface area contributed by atoms with Gasteiger partial charge >= 0.3 is 10.1 Å². The maximum absolute atomic E-state index is 12.0. The molecule has 0 aliphatic carbocycles. The van der Waals surface area contributed by atoms with Crippen molar-refractivity contribution in [3.8, 4) is 17.2 Å². The predicted molar refractivity (Wildman–Crippen MR) is 98.0 cm³/mol. The molecule has 0 radical (unpaired) electrons. The summed E-state index contributed by atoms with van der Waals surface area (Å²) >= 11 is 0. The Morgan fingerprint density at radius 2 is 1.16 bits per heavy atom. The molecule has 25 heavy (non-hydrogen) atoms. The Bertz CT molecular complexity index is 932. The summed E-state index contributed by atoms with van der Waals surface area (Å²) in [6.07, 6.45) is 1.49. The normalized spacial score (nSPS) is 11.4. The molecule has 0 heterocycles. The van der Waals surface area contributed by atoms with Crippen LogP contribution in [0.25, 0.3) is 6.08 Å². The van der Waals surface area contributed by atoms with Gasteiger partial charge in [-0.05, 0) is 48.0 Å². The molecule has 0 aliphatic rings. The summed E-state index contributed by atoms with van der Waals surface area (Å²) in [4.78, 5) is 0. The third-order valence-corrected chi connectivity index (χ3v) is 4.14. The minimum atomic E-state index is -3.83. The first kappa shape index (κ1) is 16.8. The lowest BCUT2D eigenvalue weighted by molar-refractivity contribution is 0.477. The second-order valence-corrected chi connectivity index (χ2v) is 6.60. The average molecular weight is 352 g/mol. The topological polar surface area (TPSA) is 52.6 Å². The first-order valence-corrected chi connectivity index (χ1v) is 9.08. The van der Waals surface area contributed by atoms with Gasteiger partial charge in [0.1, 0.15) is 17.2 Å². The van der Waals surface area contributed by atoms with Crippen LogP contribution in [0.4, 0.5) is 0 Å². The van der Waals surface area contributed by atoms with Crippen LogP contribution in [0.3, 0.4) is 0 Å². The molecular formula is C20H16O4S. The summed E-state index contributed by atoms with van der Waals surface area (Å²) in [7, 11) is -3.83. The van der Waals surface area contributed by atoms with Gasteiger partial charge in [0.15, 0.2) is 0 Å². The van der Waals surface area contributed by atoms with Crippen molar-refractivity contribution in [3.63, 3.8) is 0 Å². The number of hydrogen-bond acceptors (Lipinski definition) is 4. The summed E-state index contributed by atoms with van der Waals surface area (Å²) in [5.74, 6) is 1.52. The van der Waals surface area contributed by atoms with Crippen molar-refractivity contribution >= 4 is 16.2 Å². The van der Waals surface area contributed by atoms with Crippen molar-refractivity contribution in [1.82, 2.24) is 0 Å². The molecule has 5 heteroatoms. The first-order valence-electron chi connectivity index (χ1n) is 7.61. The zero-order chi connectivity index (χ0) is 17.5. The van der Waals surface area contributed by atoms with Crippen LogP contribution < -0.4 is 8.92 Å². The molecule has 0 spiro atoms. The lowest BCUT2D eigenvalue weighted by Gasteiger charge is -2.07. The van der Waals surface area contributed by atoms with E-state index in [0.29, 0.717) is 11.5 Å². The highest BCUT2D eigenvalue weighted by atomic mass is 32.2. The predicted octanol–water partition coefficient (Wildman–Crippen LogP) is 4.86. The Kier molecular flexibility index (Phi) is 5.16. The van der Waals surface area contributed by atoms with Crippen molar-refractivity contribution in [2.75, 3.05) is 0 Å². The smallest absolute Gasteiger partial charge is 0.332 e. The third kappa shape index (κ3) is 5.22. The lowest BCUT2D eigenvalue weighted by Crippen LogP contribution is -2.04. The van der Waals surface area contributed by atoms with E-state index in [1.54, 1.807) is 24.3 Å². The molecule has 0 atom stereocenters. The number of hydrogen-bond donors (Lipinski definition) is 0. The van der Waals surface area contributed by atoms with Gasteiger partial charge in [-0.15, -0.1) is 0 Å². The molecule has 0 N–H and O–H groups in total. The van der Waals surface area contributed by atoms with Gasteiger partial charge in [0.25, 0.3) is 0 Å². The molecule has 0 bridgehead atoms. The van der Waals surface area contributed by atoms with Gasteiger partial charge in [0, 0.05) is 0 Å². The summed E-state index contributed by atoms with van der Waals surface area (Å²) < 4.78 is 34.7. The first-order chi connectivity index (χ1) is 12.1. The SMILES string of the molecule is O=S(=O)(/C=C/c1ccccc1)Oc1ccc(Oc2ccccc2)cc1. The van der Waals surface area contributed by atoms with Crippen molar-refractivity contribution in [2.24, 2.45) is 0 Å². The van der Waals surface area contributed by atoms with Crippen molar-refractivity contribution in [1.29, 1.82) is 0 Å². The van der Waals surface area contributed by atoms with Gasteiger partial charge < -0.3 is 8.92 Å². The Hall–Kier alpha value is -3.05. The molecule has 126 valence electrons. The summed E-state index contributed by atoms with van der Waals surface area (Å²) in [5, 5.41) is 1.04. The number of para-hydroxylation sites is 1. The van der Waals surface area contributed by atoms with Gasteiger partial charge in [-0.1, -0.05) is 48.5 Å². The average Bonchev–Trinajstić information content (AvgIpc) is 2.63. The molecule has 0 unspecified atom stereocenters. The van der Waals surface area contributed by atoms with Crippen molar-refractivity contribution in [2.45, 2.75) is 0 Å². The highest BCUT2D eigenvalue weighted by Gasteiger charge is 2.08. The van der Waals surface area contributed by atoms with Crippen LogP contribution in [0, 0.1) is 0 Å². The van der Waals surface area contributed by atoms with Crippen LogP contribution in [-0.2, 0) is 10.1 Å². The van der Waals surface area contributed by atoms with E-state index in [-0.39, 0.29) is 5.75 Å². The third-order valence-electron chi connectivity index (χ3n) is 3.24. The minimum Gasteiger partial charge on any atom is -0.457 e. The number of rotatable bonds is 6. The molecule has 4 nitrogen and oxygen atoms in total. The van der Waals surface area contributed by atoms with E-state index in [1.807, 2.05) is 60.7 Å². The van der Waals surface area contributed by atoms with E-state index < -0.39 is 10.1 Å². The van der Waals surface area contributed by atoms with Crippen LogP contribution in [-0.4, -0.2) is 8.42 Å². The Labute approximate surface area is 147 Å². The monoisotopic (exact) mass is 352 g/mol. The fourth-order valence-corrected chi connectivity index (χ4v) is 2.83. The maximum atomic E-state index is 12.0. The molecule has 0 aromatic heterocycles. The second-order valence-electron chi connectivity index (χ2n) is 5.18. The quantitative estimate of drug-likeness (QED) is 0.595. The van der Waals surface area contributed by atoms with Crippen LogP contribution in [0.2, 0.25) is 0 Å². The van der Waals surface area contributed by atoms with Gasteiger partial charge in [0.05, 0.1) is 5.41 Å². The van der Waals surface area contributed by atoms with E-state index in [1.165, 1.54) is 6.08 Å². The molecule has 0 aliphatic heterocycles. The fourth-order valence-electron chi connectivity index (χ4n) is 2.08. The Balaban J connectivity index is 1.65. The largest absolute Gasteiger partial charge is 0.457 e. The Morgan fingerprint density at radius 1 is 0.640 bits per heavy atom. The van der Waals surface area contributed by atoms with Gasteiger partial charge in [-0.3, -0.25) is 0 Å². The number of benzene rings is 3. The highest BCUT2D eigenvalue weighted by molar-refractivity contribution is 7.90. The molecule has 0 amide bonds. The van der Waals surface area contributed by atoms with Crippen LogP contribution in [0.5, 0.6) is 17.2 Å². The van der Waals surface area contributed by atoms with E-state index in [0.717, 1.165) is 11.0 Å². The second kappa shape index (κ2) is 7.68. The van der Waals surface area contributed by atoms with E-state index >= 15 is 0 Å². The molecular weight excluding hydrogens is 336 g/mol. The molecule has 0 saturated heterocycles. The maximum Gasteiger partial charge on any atom is 0.332 e. The molecule has 3 rings (SSSR count). The number of ether oxygens (including phenoxy) is 1. The van der Waals surface area contributed by atoms with E-state index in [4.69, 9.17) is 8.92 Å². The standard InChI is InChI=1S/C20H16O4S/c21-25(22,16-15-17-7-3-1-4-8-17)24-20-13-11-19(12-14-20)23-18-9-5-2-6-10-18/h1-16H/b16-15+. The van der Waals surface area contributed by atoms with Crippen molar-refractivity contribution < 1.29 is 17.3 Å². The Morgan fingerprint density at radius 3 is 1.80 bits per heavy atom. The van der Waals surface area contributed by atoms with Gasteiger partial charge in [0.2, 0.25) is 0 Å². The van der Waals surface area contributed by atoms with E-state index in [2.05, 4.69) is 0 Å². The molecule has 0 saturated carbocycles. The van der Waals surface area contributed by atoms with E-state index in [9.17, 15) is 8.42 Å². The molecule has 0 fully saturated rings. The minimum absolute atomic E-state index is 0.220. The highest BCUT2D eigenvalue weighted by Crippen LogP contribution is 2.24. The zero-order valence-corrected chi connectivity index (χ0v) is 14.1. The summed E-state index contributed by atoms with van der Waals surface area (Å²) in [5.41, 5.74) is 0.779. The molecule has 3 aromatic rings. The summed E-state index contributed by atoms with van der Waals surface area (Å²) in [6.45, 7) is 0. The van der Waals surface area contributed by atoms with Gasteiger partial charge in [-0.25, -0.2) is 0 Å². The summed E-state index contributed by atoms with van der Waals surface area (Å²) in [6, 6.07) is 24.9. The fraction of sp³-hybridized carbons (Fsp3) is 0.